The molecule has 1 N–H and O–H groups in total. The third kappa shape index (κ3) is 5.58. The molecule has 0 aliphatic heterocycles. The Kier molecular flexibility index (Phi) is 6.72. The van der Waals surface area contributed by atoms with Crippen LogP contribution in [-0.2, 0) is 16.0 Å². The van der Waals surface area contributed by atoms with E-state index in [4.69, 9.17) is 4.74 Å². The van der Waals surface area contributed by atoms with E-state index >= 15 is 0 Å². The summed E-state index contributed by atoms with van der Waals surface area (Å²) in [6.45, 7) is 1.91. The van der Waals surface area contributed by atoms with Gasteiger partial charge < -0.3 is 15.0 Å². The molecule has 0 radical (unpaired) electrons. The number of carbonyl (C=O) groups excluding carboxylic acids is 2. The van der Waals surface area contributed by atoms with Gasteiger partial charge in [0, 0.05) is 26.3 Å². The minimum Gasteiger partial charge on any atom is -0.449 e. The molecule has 2 rings (SSSR count). The van der Waals surface area contributed by atoms with Gasteiger partial charge in [-0.25, -0.2) is 9.18 Å². The Hall–Kier alpha value is -2.89. The number of hydrogen-bond acceptors (Lipinski definition) is 4. The Morgan fingerprint density at radius 3 is 2.50 bits per heavy atom. The van der Waals surface area contributed by atoms with E-state index in [-0.39, 0.29) is 11.7 Å². The molecule has 0 unspecified atom stereocenters. The Balaban J connectivity index is 1.83. The van der Waals surface area contributed by atoms with E-state index in [1.54, 1.807) is 30.3 Å². The van der Waals surface area contributed by atoms with Gasteiger partial charge in [0.1, 0.15) is 5.82 Å². The van der Waals surface area contributed by atoms with E-state index in [1.165, 1.54) is 19.1 Å². The topological polar surface area (TPSA) is 58.6 Å². The second-order valence-corrected chi connectivity index (χ2v) is 6.16. The van der Waals surface area contributed by atoms with E-state index in [9.17, 15) is 14.0 Å². The highest BCUT2D eigenvalue weighted by Gasteiger charge is 2.18. The lowest BCUT2D eigenvalue weighted by Gasteiger charge is -2.15. The van der Waals surface area contributed by atoms with Gasteiger partial charge >= 0.3 is 5.97 Å². The zero-order chi connectivity index (χ0) is 19.1. The maximum atomic E-state index is 12.9. The predicted octanol–water partition coefficient (Wildman–Crippen LogP) is 2.80. The van der Waals surface area contributed by atoms with Crippen molar-refractivity contribution < 1.29 is 18.7 Å². The second kappa shape index (κ2) is 8.99. The number of anilines is 1. The predicted molar refractivity (Wildman–Crippen MR) is 98.8 cm³/mol. The first-order chi connectivity index (χ1) is 12.4. The highest BCUT2D eigenvalue weighted by Crippen LogP contribution is 2.14. The van der Waals surface area contributed by atoms with Crippen LogP contribution in [0.3, 0.4) is 0 Å². The van der Waals surface area contributed by atoms with Gasteiger partial charge in [0.05, 0.1) is 5.56 Å². The number of halogens is 1. The monoisotopic (exact) mass is 358 g/mol. The van der Waals surface area contributed by atoms with Crippen LogP contribution < -0.4 is 10.2 Å². The normalized spacial score (nSPS) is 11.5. The van der Waals surface area contributed by atoms with Crippen LogP contribution in [0.1, 0.15) is 22.8 Å². The van der Waals surface area contributed by atoms with Crippen LogP contribution in [0.4, 0.5) is 10.1 Å². The molecule has 0 heterocycles. The summed E-state index contributed by atoms with van der Waals surface area (Å²) in [6.07, 6.45) is -0.337. The fourth-order valence-electron chi connectivity index (χ4n) is 2.32. The summed E-state index contributed by atoms with van der Waals surface area (Å²) in [5.74, 6) is -1.21. The number of carbonyl (C=O) groups is 2. The first kappa shape index (κ1) is 19.4. The molecular weight excluding hydrogens is 335 g/mol. The van der Waals surface area contributed by atoms with Crippen molar-refractivity contribution in [3.05, 3.63) is 65.5 Å². The molecule has 1 atom stereocenters. The fourth-order valence-corrected chi connectivity index (χ4v) is 2.32. The van der Waals surface area contributed by atoms with Crippen LogP contribution in [0.15, 0.2) is 48.5 Å². The van der Waals surface area contributed by atoms with Crippen LogP contribution in [0, 0.1) is 5.82 Å². The summed E-state index contributed by atoms with van der Waals surface area (Å²) in [7, 11) is 3.75. The van der Waals surface area contributed by atoms with E-state index < -0.39 is 12.1 Å². The van der Waals surface area contributed by atoms with Crippen LogP contribution in [0.25, 0.3) is 0 Å². The van der Waals surface area contributed by atoms with Crippen LogP contribution >= 0.6 is 0 Å². The van der Waals surface area contributed by atoms with E-state index in [1.807, 2.05) is 25.1 Å². The molecule has 0 saturated carbocycles. The molecular formula is C20H23FN2O3. The van der Waals surface area contributed by atoms with E-state index in [2.05, 4.69) is 5.32 Å². The fraction of sp³-hybridized carbons (Fsp3) is 0.300. The smallest absolute Gasteiger partial charge is 0.338 e. The van der Waals surface area contributed by atoms with E-state index in [0.717, 1.165) is 11.3 Å². The number of rotatable bonds is 7. The van der Waals surface area contributed by atoms with Crippen LogP contribution in [0.2, 0.25) is 0 Å². The molecule has 1 amide bonds. The van der Waals surface area contributed by atoms with Crippen molar-refractivity contribution in [2.45, 2.75) is 19.4 Å². The zero-order valence-corrected chi connectivity index (χ0v) is 15.2. The minimum absolute atomic E-state index is 0.295. The molecule has 0 fully saturated rings. The summed E-state index contributed by atoms with van der Waals surface area (Å²) in [5.41, 5.74) is 2.18. The van der Waals surface area contributed by atoms with Gasteiger partial charge in [0.25, 0.3) is 5.91 Å². The van der Waals surface area contributed by atoms with E-state index in [0.29, 0.717) is 18.5 Å². The Bertz CT molecular complexity index is 760. The standard InChI is InChI=1S/C20H23FN2O3/c1-14(19(24)22-12-11-15-7-9-17(21)10-8-15)26-20(25)16-5-4-6-18(13-16)23(2)3/h4-10,13-14H,11-12H2,1-3H3,(H,22,24)/t14-/m0/s1. The second-order valence-electron chi connectivity index (χ2n) is 6.16. The molecule has 138 valence electrons. The molecule has 26 heavy (non-hydrogen) atoms. The number of nitrogens with one attached hydrogen (secondary N) is 1. The summed E-state index contributed by atoms with van der Waals surface area (Å²) in [5, 5.41) is 2.71. The van der Waals surface area contributed by atoms with Crippen molar-refractivity contribution in [2.75, 3.05) is 25.5 Å². The molecule has 0 bridgehead atoms. The molecule has 0 spiro atoms. The largest absolute Gasteiger partial charge is 0.449 e. The molecule has 0 aromatic heterocycles. The maximum absolute atomic E-state index is 12.9. The summed E-state index contributed by atoms with van der Waals surface area (Å²) in [4.78, 5) is 26.2. The molecule has 0 saturated heterocycles. The lowest BCUT2D eigenvalue weighted by atomic mass is 10.1. The third-order valence-electron chi connectivity index (χ3n) is 3.88. The van der Waals surface area contributed by atoms with Crippen molar-refractivity contribution in [3.8, 4) is 0 Å². The van der Waals surface area contributed by atoms with Gasteiger partial charge in [-0.3, -0.25) is 4.79 Å². The minimum atomic E-state index is -0.904. The molecule has 6 heteroatoms. The average Bonchev–Trinajstić information content (AvgIpc) is 2.63. The van der Waals surface area contributed by atoms with Crippen molar-refractivity contribution >= 4 is 17.6 Å². The Labute approximate surface area is 152 Å². The zero-order valence-electron chi connectivity index (χ0n) is 15.2. The number of hydrogen-bond donors (Lipinski definition) is 1. The van der Waals surface area contributed by atoms with Crippen molar-refractivity contribution in [1.82, 2.24) is 5.32 Å². The maximum Gasteiger partial charge on any atom is 0.338 e. The quantitative estimate of drug-likeness (QED) is 0.774. The van der Waals surface area contributed by atoms with Gasteiger partial charge in [-0.05, 0) is 49.2 Å². The number of nitrogens with zero attached hydrogens (tertiary/aromatic N) is 1. The SMILES string of the molecule is C[C@H](OC(=O)c1cccc(N(C)C)c1)C(=O)NCCc1ccc(F)cc1. The van der Waals surface area contributed by atoms with Gasteiger partial charge in [0.15, 0.2) is 6.10 Å². The summed E-state index contributed by atoms with van der Waals surface area (Å²) < 4.78 is 18.1. The first-order valence-corrected chi connectivity index (χ1v) is 8.37. The van der Waals surface area contributed by atoms with Crippen molar-refractivity contribution in [1.29, 1.82) is 0 Å². The summed E-state index contributed by atoms with van der Waals surface area (Å²) >= 11 is 0. The summed E-state index contributed by atoms with van der Waals surface area (Å²) in [6, 6.07) is 13.1. The highest BCUT2D eigenvalue weighted by molar-refractivity contribution is 5.93. The van der Waals surface area contributed by atoms with Gasteiger partial charge in [-0.15, -0.1) is 0 Å². The van der Waals surface area contributed by atoms with Gasteiger partial charge in [-0.2, -0.15) is 0 Å². The van der Waals surface area contributed by atoms with Crippen LogP contribution in [-0.4, -0.2) is 38.6 Å². The lowest BCUT2D eigenvalue weighted by Crippen LogP contribution is -2.36. The average molecular weight is 358 g/mol. The lowest BCUT2D eigenvalue weighted by molar-refractivity contribution is -0.129. The number of amides is 1. The first-order valence-electron chi connectivity index (χ1n) is 8.37. The molecule has 5 nitrogen and oxygen atoms in total. The Morgan fingerprint density at radius 1 is 1.15 bits per heavy atom. The van der Waals surface area contributed by atoms with Gasteiger partial charge in [0.2, 0.25) is 0 Å². The van der Waals surface area contributed by atoms with Crippen molar-refractivity contribution in [2.24, 2.45) is 0 Å². The van der Waals surface area contributed by atoms with Crippen molar-refractivity contribution in [3.63, 3.8) is 0 Å². The molecule has 2 aromatic rings. The number of ether oxygens (including phenoxy) is 1. The van der Waals surface area contributed by atoms with Crippen LogP contribution in [0.5, 0.6) is 0 Å². The number of esters is 1. The highest BCUT2D eigenvalue weighted by atomic mass is 19.1. The molecule has 2 aromatic carbocycles. The van der Waals surface area contributed by atoms with Gasteiger partial charge in [-0.1, -0.05) is 18.2 Å². The number of benzene rings is 2. The Morgan fingerprint density at radius 2 is 1.85 bits per heavy atom. The molecule has 0 aliphatic rings. The third-order valence-corrected chi connectivity index (χ3v) is 3.88. The molecule has 0 aliphatic carbocycles.